The van der Waals surface area contributed by atoms with E-state index in [2.05, 4.69) is 201 Å². The molecule has 3 heterocycles. The van der Waals surface area contributed by atoms with Crippen molar-refractivity contribution in [2.45, 2.75) is 19.6 Å². The molecule has 0 spiro atoms. The van der Waals surface area contributed by atoms with Crippen molar-refractivity contribution in [3.8, 4) is 33.8 Å². The second-order valence-electron chi connectivity index (χ2n) is 24.1. The number of aromatic nitrogens is 9. The van der Waals surface area contributed by atoms with Gasteiger partial charge in [-0.25, -0.2) is 14.0 Å². The summed E-state index contributed by atoms with van der Waals surface area (Å²) in [4.78, 5) is 0. The topological polar surface area (TPSA) is 92.1 Å². The maximum atomic E-state index is 4.92. The molecular formula is C75H39N9. The first-order chi connectivity index (χ1) is 41.5. The van der Waals surface area contributed by atoms with Crippen LogP contribution in [0.3, 0.4) is 0 Å². The Labute approximate surface area is 474 Å². The predicted molar refractivity (Wildman–Crippen MR) is 343 cm³/mol. The van der Waals surface area contributed by atoms with Crippen LogP contribution >= 0.6 is 0 Å². The van der Waals surface area contributed by atoms with E-state index >= 15 is 0 Å². The molecule has 0 aliphatic carbocycles. The maximum absolute atomic E-state index is 4.92. The summed E-state index contributed by atoms with van der Waals surface area (Å²) in [5.74, 6) is 0. The maximum Gasteiger partial charge on any atom is 0.113 e. The lowest BCUT2D eigenvalue weighted by molar-refractivity contribution is 0.628. The van der Waals surface area contributed by atoms with Crippen LogP contribution < -0.4 is 0 Å². The molecule has 0 atom stereocenters. The van der Waals surface area contributed by atoms with Crippen molar-refractivity contribution >= 4 is 162 Å². The first-order valence-corrected chi connectivity index (χ1v) is 28.9. The van der Waals surface area contributed by atoms with Crippen LogP contribution in [0.1, 0.15) is 16.7 Å². The van der Waals surface area contributed by atoms with Crippen LogP contribution in [0.2, 0.25) is 0 Å². The Balaban J connectivity index is 0.653. The third-order valence-electron chi connectivity index (χ3n) is 19.7. The van der Waals surface area contributed by atoms with E-state index in [4.69, 9.17) is 30.9 Å². The van der Waals surface area contributed by atoms with E-state index in [-0.39, 0.29) is 0 Å². The van der Waals surface area contributed by atoms with E-state index in [0.717, 1.165) is 50.5 Å². The van der Waals surface area contributed by atoms with Gasteiger partial charge in [-0.05, 0) is 196 Å². The summed E-state index contributed by atoms with van der Waals surface area (Å²) in [5, 5.41) is 68.3. The van der Waals surface area contributed by atoms with E-state index in [1.54, 1.807) is 0 Å². The molecule has 0 saturated heterocycles. The normalized spacial score (nSPS) is 13.1. The molecule has 19 aromatic carbocycles. The lowest BCUT2D eigenvalue weighted by Gasteiger charge is -2.11. The molecule has 22 rings (SSSR count). The van der Waals surface area contributed by atoms with Crippen molar-refractivity contribution < 1.29 is 0 Å². The molecule has 0 saturated carbocycles. The summed E-state index contributed by atoms with van der Waals surface area (Å²) in [6, 6.07) is 68.3. The van der Waals surface area contributed by atoms with Crippen molar-refractivity contribution in [1.29, 1.82) is 0 Å². The van der Waals surface area contributed by atoms with Gasteiger partial charge in [-0.3, -0.25) is 0 Å². The van der Waals surface area contributed by atoms with Crippen molar-refractivity contribution in [3.05, 3.63) is 217 Å². The van der Waals surface area contributed by atoms with Gasteiger partial charge in [0.2, 0.25) is 0 Å². The number of hydrogen-bond acceptors (Lipinski definition) is 6. The van der Waals surface area contributed by atoms with Crippen LogP contribution in [0.5, 0.6) is 0 Å². The second kappa shape index (κ2) is 14.7. The van der Waals surface area contributed by atoms with E-state index < -0.39 is 0 Å². The van der Waals surface area contributed by atoms with Crippen LogP contribution in [0.15, 0.2) is 201 Å². The highest BCUT2D eigenvalue weighted by Gasteiger charge is 2.27. The molecule has 9 nitrogen and oxygen atoms in total. The Morgan fingerprint density at radius 1 is 0.214 bits per heavy atom. The highest BCUT2D eigenvalue weighted by molar-refractivity contribution is 6.48. The molecule has 0 N–H and O–H groups in total. The monoisotopic (exact) mass is 1070 g/mol. The van der Waals surface area contributed by atoms with Gasteiger partial charge in [0, 0.05) is 16.7 Å². The third kappa shape index (κ3) is 5.28. The van der Waals surface area contributed by atoms with Gasteiger partial charge >= 0.3 is 0 Å². The van der Waals surface area contributed by atoms with Crippen LogP contribution in [0.4, 0.5) is 0 Å². The Bertz CT molecular complexity index is 5700. The van der Waals surface area contributed by atoms with Crippen molar-refractivity contribution in [2.75, 3.05) is 0 Å². The zero-order valence-electron chi connectivity index (χ0n) is 44.7. The first-order valence-electron chi connectivity index (χ1n) is 28.9. The average molecular weight is 1070 g/mol. The minimum absolute atomic E-state index is 0.514. The van der Waals surface area contributed by atoms with Crippen molar-refractivity contribution in [3.63, 3.8) is 0 Å². The van der Waals surface area contributed by atoms with Gasteiger partial charge in [0.05, 0.1) is 38.2 Å². The molecule has 384 valence electrons. The Kier molecular flexibility index (Phi) is 7.45. The first kappa shape index (κ1) is 42.7. The minimum Gasteiger partial charge on any atom is -0.247 e. The van der Waals surface area contributed by atoms with E-state index in [0.29, 0.717) is 19.6 Å². The van der Waals surface area contributed by atoms with Gasteiger partial charge in [0.25, 0.3) is 0 Å². The van der Waals surface area contributed by atoms with Gasteiger partial charge in [-0.15, -0.1) is 15.3 Å². The quantitative estimate of drug-likeness (QED) is 0.134. The van der Waals surface area contributed by atoms with Crippen LogP contribution in [-0.2, 0) is 19.6 Å². The van der Waals surface area contributed by atoms with E-state index in [9.17, 15) is 0 Å². The van der Waals surface area contributed by atoms with Gasteiger partial charge in [-0.2, -0.15) is 0 Å². The standard InChI is InChI=1S/C75H39N9/c1-4-43-13-16-49-28-55(52-22-19-46-10-7-40(1)61-64(43)70(49)73(52)67(46)61)58-34-82(79-76-58)31-37-25-38(32-83-35-59(77-80-83)56-29-50-17-14-44-5-2-41-8-11-47-20-23-53(56)74-68(47)62(41)65(44)71(50)74)27-39(26-37)33-84-36-60(78-81-84)57-30-51-18-15-45-6-3-42-9-12-48-21-24-54(57)75-69(48)63(42)66(45)72(51)75/h1-30,34-36H,31-33H2. The summed E-state index contributed by atoms with van der Waals surface area (Å²) in [6.07, 6.45) is 6.33. The third-order valence-corrected chi connectivity index (χ3v) is 19.7. The number of hydrogen-bond donors (Lipinski definition) is 0. The Hall–Kier alpha value is -11.2. The molecule has 0 amide bonds. The fourth-order valence-corrected chi connectivity index (χ4v) is 16.3. The fourth-order valence-electron chi connectivity index (χ4n) is 16.3. The Morgan fingerprint density at radius 3 is 0.667 bits per heavy atom. The van der Waals surface area contributed by atoms with E-state index in [1.165, 1.54) is 162 Å². The summed E-state index contributed by atoms with van der Waals surface area (Å²) in [7, 11) is 0. The molecule has 0 bridgehead atoms. The summed E-state index contributed by atoms with van der Waals surface area (Å²) < 4.78 is 5.94. The summed E-state index contributed by atoms with van der Waals surface area (Å²) >= 11 is 0. The number of benzene rings is 16. The molecule has 84 heavy (non-hydrogen) atoms. The lowest BCUT2D eigenvalue weighted by Crippen LogP contribution is -2.07. The fraction of sp³-hybridized carbons (Fsp3) is 0.0400. The molecule has 0 unspecified atom stereocenters. The zero-order valence-corrected chi connectivity index (χ0v) is 44.7. The molecule has 22 aromatic rings. The number of rotatable bonds is 9. The van der Waals surface area contributed by atoms with Gasteiger partial charge in [-0.1, -0.05) is 179 Å². The zero-order chi connectivity index (χ0) is 53.9. The molecule has 9 heteroatoms. The molecular weight excluding hydrogens is 1030 g/mol. The highest BCUT2D eigenvalue weighted by Crippen LogP contribution is 2.53. The molecule has 0 aliphatic rings. The van der Waals surface area contributed by atoms with Gasteiger partial charge < -0.3 is 0 Å². The predicted octanol–water partition coefficient (Wildman–Crippen LogP) is 17.8. The molecule has 0 fully saturated rings. The van der Waals surface area contributed by atoms with Gasteiger partial charge in [0.15, 0.2) is 0 Å². The van der Waals surface area contributed by atoms with Crippen LogP contribution in [0.25, 0.3) is 195 Å². The summed E-state index contributed by atoms with van der Waals surface area (Å²) in [5.41, 5.74) is 9.12. The van der Waals surface area contributed by atoms with Crippen molar-refractivity contribution in [1.82, 2.24) is 45.0 Å². The smallest absolute Gasteiger partial charge is 0.113 e. The average Bonchev–Trinajstić information content (AvgIpc) is 2.60. The Morgan fingerprint density at radius 2 is 0.417 bits per heavy atom. The minimum atomic E-state index is 0.514. The lowest BCUT2D eigenvalue weighted by atomic mass is 9.94. The molecule has 3 aromatic heterocycles. The SMILES string of the molecule is c1c(Cn2cc(-c3cc4ccc5ccc6ccc7ccc3c3c7c6c5c43)nn2)cc(Cn2cc(-c3cc4ccc5ccc6ccc7ccc3c3c7c6c5c43)nn2)cc1Cn1cc(-c2cc3ccc4ccc5ccc6ccc2c2c6c5c4c32)nn1. The van der Waals surface area contributed by atoms with Crippen molar-refractivity contribution in [2.24, 2.45) is 0 Å². The van der Waals surface area contributed by atoms with Gasteiger partial charge in [0.1, 0.15) is 17.1 Å². The van der Waals surface area contributed by atoms with E-state index in [1.807, 2.05) is 14.0 Å². The highest BCUT2D eigenvalue weighted by atomic mass is 15.4. The van der Waals surface area contributed by atoms with Crippen LogP contribution in [-0.4, -0.2) is 45.0 Å². The largest absolute Gasteiger partial charge is 0.247 e. The molecule has 0 aliphatic heterocycles. The second-order valence-corrected chi connectivity index (χ2v) is 24.1. The number of nitrogens with zero attached hydrogens (tertiary/aromatic N) is 9. The molecule has 0 radical (unpaired) electrons. The summed E-state index contributed by atoms with van der Waals surface area (Å²) in [6.45, 7) is 1.54. The van der Waals surface area contributed by atoms with Crippen LogP contribution in [0, 0.1) is 0 Å².